The zero-order chi connectivity index (χ0) is 7.44. The SMILES string of the molecule is CNC(=C(N)N)[N+](=O)[O-]. The maximum atomic E-state index is 9.90. The molecule has 0 aliphatic carbocycles. The van der Waals surface area contributed by atoms with Gasteiger partial charge in [-0.25, -0.2) is 0 Å². The third kappa shape index (κ3) is 1.85. The van der Waals surface area contributed by atoms with Gasteiger partial charge < -0.3 is 21.6 Å². The first-order chi connectivity index (χ1) is 4.09. The quantitative estimate of drug-likeness (QED) is 0.314. The van der Waals surface area contributed by atoms with Crippen molar-refractivity contribution in [2.45, 2.75) is 0 Å². The van der Waals surface area contributed by atoms with Crippen molar-refractivity contribution in [1.29, 1.82) is 0 Å². The number of nitrogens with one attached hydrogen (secondary N) is 1. The highest BCUT2D eigenvalue weighted by Crippen LogP contribution is 1.86. The van der Waals surface area contributed by atoms with Gasteiger partial charge in [-0.15, -0.1) is 0 Å². The molecule has 0 aliphatic heterocycles. The molecule has 0 aromatic rings. The van der Waals surface area contributed by atoms with Crippen LogP contribution >= 0.6 is 0 Å². The highest BCUT2D eigenvalue weighted by atomic mass is 16.6. The smallest absolute Gasteiger partial charge is 0.355 e. The van der Waals surface area contributed by atoms with E-state index in [-0.39, 0.29) is 11.6 Å². The van der Waals surface area contributed by atoms with Gasteiger partial charge in [-0.1, -0.05) is 0 Å². The normalized spacial score (nSPS) is 8.11. The molecule has 0 unspecified atom stereocenters. The van der Waals surface area contributed by atoms with E-state index in [2.05, 4.69) is 5.32 Å². The van der Waals surface area contributed by atoms with Gasteiger partial charge >= 0.3 is 5.82 Å². The van der Waals surface area contributed by atoms with Crippen LogP contribution in [0.25, 0.3) is 0 Å². The topological polar surface area (TPSA) is 107 Å². The Morgan fingerprint density at radius 1 is 1.67 bits per heavy atom. The summed E-state index contributed by atoms with van der Waals surface area (Å²) in [5.41, 5.74) is 9.80. The monoisotopic (exact) mass is 132 g/mol. The highest BCUT2D eigenvalue weighted by molar-refractivity contribution is 4.95. The summed E-state index contributed by atoms with van der Waals surface area (Å²) in [5.74, 6) is -0.683. The van der Waals surface area contributed by atoms with Gasteiger partial charge in [-0.3, -0.25) is 5.32 Å². The summed E-state index contributed by atoms with van der Waals surface area (Å²) in [6.45, 7) is 0. The van der Waals surface area contributed by atoms with Crippen LogP contribution in [0.5, 0.6) is 0 Å². The zero-order valence-corrected chi connectivity index (χ0v) is 4.92. The summed E-state index contributed by atoms with van der Waals surface area (Å²) in [7, 11) is 1.37. The van der Waals surface area contributed by atoms with Crippen molar-refractivity contribution < 1.29 is 4.92 Å². The van der Waals surface area contributed by atoms with Gasteiger partial charge in [0.1, 0.15) is 0 Å². The molecule has 0 fully saturated rings. The van der Waals surface area contributed by atoms with Crippen molar-refractivity contribution in [3.05, 3.63) is 21.8 Å². The van der Waals surface area contributed by atoms with Crippen LogP contribution in [-0.4, -0.2) is 12.0 Å². The van der Waals surface area contributed by atoms with Crippen LogP contribution in [0.1, 0.15) is 0 Å². The lowest BCUT2D eigenvalue weighted by molar-refractivity contribution is -0.432. The molecule has 0 heterocycles. The molecule has 0 spiro atoms. The van der Waals surface area contributed by atoms with Gasteiger partial charge in [0.2, 0.25) is 0 Å². The second kappa shape index (κ2) is 2.75. The van der Waals surface area contributed by atoms with Gasteiger partial charge in [0.15, 0.2) is 5.82 Å². The fourth-order valence-electron chi connectivity index (χ4n) is 0.341. The largest absolute Gasteiger partial charge is 0.379 e. The van der Waals surface area contributed by atoms with Gasteiger partial charge in [-0.2, -0.15) is 0 Å². The van der Waals surface area contributed by atoms with E-state index in [1.54, 1.807) is 0 Å². The molecule has 6 nitrogen and oxygen atoms in total. The maximum Gasteiger partial charge on any atom is 0.355 e. The first-order valence-electron chi connectivity index (χ1n) is 2.17. The Labute approximate surface area is 51.7 Å². The van der Waals surface area contributed by atoms with Crippen LogP contribution in [0, 0.1) is 10.1 Å². The minimum atomic E-state index is -0.685. The van der Waals surface area contributed by atoms with Gasteiger partial charge in [0, 0.05) is 0 Å². The summed E-state index contributed by atoms with van der Waals surface area (Å²) in [4.78, 5) is 9.21. The summed E-state index contributed by atoms with van der Waals surface area (Å²) in [5, 5.41) is 12.1. The molecule has 0 aromatic carbocycles. The van der Waals surface area contributed by atoms with Crippen LogP contribution in [-0.2, 0) is 0 Å². The molecule has 0 atom stereocenters. The van der Waals surface area contributed by atoms with E-state index in [0.717, 1.165) is 0 Å². The van der Waals surface area contributed by atoms with E-state index in [1.807, 2.05) is 0 Å². The highest BCUT2D eigenvalue weighted by Gasteiger charge is 2.06. The van der Waals surface area contributed by atoms with E-state index in [9.17, 15) is 10.1 Å². The number of nitrogens with zero attached hydrogens (tertiary/aromatic N) is 1. The molecule has 9 heavy (non-hydrogen) atoms. The van der Waals surface area contributed by atoms with Crippen LogP contribution in [0.2, 0.25) is 0 Å². The van der Waals surface area contributed by atoms with Gasteiger partial charge in [0.05, 0.1) is 7.05 Å². The summed E-state index contributed by atoms with van der Waals surface area (Å²) >= 11 is 0. The van der Waals surface area contributed by atoms with Crippen molar-refractivity contribution in [2.75, 3.05) is 7.05 Å². The van der Waals surface area contributed by atoms with Crippen molar-refractivity contribution in [3.8, 4) is 0 Å². The lowest BCUT2D eigenvalue weighted by Gasteiger charge is -1.98. The van der Waals surface area contributed by atoms with Crippen LogP contribution < -0.4 is 16.8 Å². The third-order valence-corrected chi connectivity index (χ3v) is 0.693. The zero-order valence-electron chi connectivity index (χ0n) is 4.92. The summed E-state index contributed by atoms with van der Waals surface area (Å²) < 4.78 is 0. The molecule has 0 radical (unpaired) electrons. The molecule has 5 N–H and O–H groups in total. The van der Waals surface area contributed by atoms with Gasteiger partial charge in [0.25, 0.3) is 0 Å². The molecule has 6 heteroatoms. The van der Waals surface area contributed by atoms with Crippen molar-refractivity contribution in [2.24, 2.45) is 11.5 Å². The van der Waals surface area contributed by atoms with Crippen LogP contribution in [0.4, 0.5) is 0 Å². The van der Waals surface area contributed by atoms with Crippen LogP contribution in [0.3, 0.4) is 0 Å². The minimum Gasteiger partial charge on any atom is -0.379 e. The Morgan fingerprint density at radius 2 is 2.11 bits per heavy atom. The first kappa shape index (κ1) is 7.54. The Bertz CT molecular complexity index is 148. The fraction of sp³-hybridized carbons (Fsp3) is 0.333. The fourth-order valence-corrected chi connectivity index (χ4v) is 0.341. The minimum absolute atomic E-state index is 0.317. The second-order valence-corrected chi connectivity index (χ2v) is 1.31. The van der Waals surface area contributed by atoms with Crippen molar-refractivity contribution in [1.82, 2.24) is 5.32 Å². The Hall–Kier alpha value is -1.46. The number of nitro groups is 1. The van der Waals surface area contributed by atoms with Crippen LogP contribution in [0.15, 0.2) is 11.6 Å². The lowest BCUT2D eigenvalue weighted by atomic mass is 10.7. The number of rotatable bonds is 2. The number of nitrogens with two attached hydrogens (primary N) is 2. The summed E-state index contributed by atoms with van der Waals surface area (Å²) in [6.07, 6.45) is 0. The molecule has 0 saturated carbocycles. The third-order valence-electron chi connectivity index (χ3n) is 0.693. The Kier molecular flexibility index (Phi) is 2.31. The van der Waals surface area contributed by atoms with E-state index in [0.29, 0.717) is 0 Å². The Balaban J connectivity index is 4.35. The molecule has 0 rings (SSSR count). The molecule has 0 bridgehead atoms. The molecular formula is C3H8N4O2. The second-order valence-electron chi connectivity index (χ2n) is 1.31. The standard InChI is InChI=1S/C3H8N4O2/c1-6-3(2(4)5)7(8)9/h6H,4-5H2,1H3. The number of hydrogen-bond acceptors (Lipinski definition) is 5. The van der Waals surface area contributed by atoms with Crippen molar-refractivity contribution >= 4 is 0 Å². The summed E-state index contributed by atoms with van der Waals surface area (Å²) in [6, 6.07) is 0. The van der Waals surface area contributed by atoms with E-state index in [4.69, 9.17) is 11.5 Å². The molecule has 0 amide bonds. The lowest BCUT2D eigenvalue weighted by Crippen LogP contribution is -2.25. The molecular weight excluding hydrogens is 124 g/mol. The predicted molar refractivity (Wildman–Crippen MR) is 31.5 cm³/mol. The Morgan fingerprint density at radius 3 is 2.11 bits per heavy atom. The molecule has 0 aliphatic rings. The average molecular weight is 132 g/mol. The first-order valence-corrected chi connectivity index (χ1v) is 2.17. The van der Waals surface area contributed by atoms with Crippen molar-refractivity contribution in [3.63, 3.8) is 0 Å². The van der Waals surface area contributed by atoms with Gasteiger partial charge in [-0.05, 0) is 4.92 Å². The average Bonchev–Trinajstić information content (AvgIpc) is 1.64. The molecule has 0 saturated heterocycles. The van der Waals surface area contributed by atoms with E-state index in [1.165, 1.54) is 7.05 Å². The van der Waals surface area contributed by atoms with E-state index >= 15 is 0 Å². The molecule has 52 valence electrons. The van der Waals surface area contributed by atoms with E-state index < -0.39 is 4.92 Å². The maximum absolute atomic E-state index is 9.90. The molecule has 0 aromatic heterocycles. The number of hydrogen-bond donors (Lipinski definition) is 3. The predicted octanol–water partition coefficient (Wildman–Crippen LogP) is -1.47.